The average molecular weight is 437 g/mol. The Morgan fingerprint density at radius 1 is 1.39 bits per heavy atom. The molecular weight excluding hydrogens is 411 g/mol. The van der Waals surface area contributed by atoms with Gasteiger partial charge >= 0.3 is 12.2 Å². The Hall–Kier alpha value is -3.08. The Kier molecular flexibility index (Phi) is 6.84. The van der Waals surface area contributed by atoms with E-state index in [0.717, 1.165) is 35.9 Å². The minimum Gasteiger partial charge on any atom is -0.329 e. The third kappa shape index (κ3) is 5.97. The molecule has 0 spiro atoms. The first-order chi connectivity index (χ1) is 14.7. The van der Waals surface area contributed by atoms with Crippen molar-refractivity contribution in [3.05, 3.63) is 36.3 Å². The summed E-state index contributed by atoms with van der Waals surface area (Å²) < 4.78 is 38.9. The molecule has 5 N–H and O–H groups in total. The maximum atomic E-state index is 12.3. The van der Waals surface area contributed by atoms with E-state index in [0.29, 0.717) is 12.1 Å². The molecular formula is C20H26F3N7O. The van der Waals surface area contributed by atoms with E-state index >= 15 is 0 Å². The number of anilines is 1. The number of nitrogens with two attached hydrogens (primary N) is 1. The zero-order valence-electron chi connectivity index (χ0n) is 17.3. The summed E-state index contributed by atoms with van der Waals surface area (Å²) in [4.78, 5) is 20.8. The molecule has 1 unspecified atom stereocenters. The molecule has 8 nitrogen and oxygen atoms in total. The number of imidazole rings is 1. The average Bonchev–Trinajstić information content (AvgIpc) is 3.13. The third-order valence-corrected chi connectivity index (χ3v) is 4.87. The van der Waals surface area contributed by atoms with Crippen LogP contribution in [0.15, 0.2) is 35.5 Å². The fourth-order valence-electron chi connectivity index (χ4n) is 3.55. The zero-order valence-corrected chi connectivity index (χ0v) is 17.3. The molecule has 2 aromatic rings. The maximum Gasteiger partial charge on any atom is 0.405 e. The Morgan fingerprint density at radius 2 is 2.16 bits per heavy atom. The lowest BCUT2D eigenvalue weighted by Crippen LogP contribution is -2.40. The number of carbonyl (C=O) groups excluding carboxylic acids is 1. The van der Waals surface area contributed by atoms with Gasteiger partial charge in [0.1, 0.15) is 18.2 Å². The highest BCUT2D eigenvalue weighted by atomic mass is 19.4. The van der Waals surface area contributed by atoms with Crippen LogP contribution in [0.2, 0.25) is 0 Å². The van der Waals surface area contributed by atoms with Gasteiger partial charge < -0.3 is 20.6 Å². The summed E-state index contributed by atoms with van der Waals surface area (Å²) in [7, 11) is 0. The lowest BCUT2D eigenvalue weighted by atomic mass is 9.96. The number of nitrogens with one attached hydrogen (secondary N) is 3. The molecule has 0 radical (unpaired) electrons. The Labute approximate surface area is 178 Å². The van der Waals surface area contributed by atoms with Gasteiger partial charge in [-0.15, -0.1) is 0 Å². The summed E-state index contributed by atoms with van der Waals surface area (Å²) in [5.41, 5.74) is 4.78. The Morgan fingerprint density at radius 3 is 2.84 bits per heavy atom. The number of aromatic nitrogens is 2. The second kappa shape index (κ2) is 9.38. The fraction of sp³-hybridized carbons (Fsp3) is 0.450. The molecule has 3 rings (SSSR count). The number of aliphatic imine (C=N–C) groups is 1. The smallest absolute Gasteiger partial charge is 0.329 e. The molecule has 11 heteroatoms. The quantitative estimate of drug-likeness (QED) is 0.249. The minimum atomic E-state index is -4.47. The van der Waals surface area contributed by atoms with Crippen molar-refractivity contribution in [1.29, 1.82) is 0 Å². The van der Waals surface area contributed by atoms with Gasteiger partial charge in [0.25, 0.3) is 0 Å². The normalized spacial score (nSPS) is 16.7. The molecule has 0 bridgehead atoms. The Balaban J connectivity index is 1.73. The van der Waals surface area contributed by atoms with Crippen LogP contribution >= 0.6 is 0 Å². The fourth-order valence-corrected chi connectivity index (χ4v) is 3.55. The van der Waals surface area contributed by atoms with Crippen LogP contribution in [0, 0.1) is 5.92 Å². The van der Waals surface area contributed by atoms with Crippen molar-refractivity contribution in [2.45, 2.75) is 45.5 Å². The largest absolute Gasteiger partial charge is 0.405 e. The number of halogens is 3. The number of fused-ring (bicyclic) bond motifs is 1. The monoisotopic (exact) mass is 437 g/mol. The molecule has 1 aromatic heterocycles. The number of hydrogen-bond donors (Lipinski definition) is 4. The van der Waals surface area contributed by atoms with Crippen molar-refractivity contribution < 1.29 is 18.0 Å². The molecule has 0 aliphatic carbocycles. The molecule has 1 aliphatic rings. The number of amides is 2. The first-order valence-corrected chi connectivity index (χ1v) is 9.97. The van der Waals surface area contributed by atoms with E-state index in [1.807, 2.05) is 19.9 Å². The van der Waals surface area contributed by atoms with Gasteiger partial charge in [0, 0.05) is 36.2 Å². The van der Waals surface area contributed by atoms with E-state index in [2.05, 4.69) is 25.3 Å². The topological polar surface area (TPSA) is 109 Å². The summed E-state index contributed by atoms with van der Waals surface area (Å²) in [5, 5.41) is 4.22. The third-order valence-electron chi connectivity index (χ3n) is 4.87. The second-order valence-electron chi connectivity index (χ2n) is 7.66. The molecule has 1 aromatic carbocycles. The highest BCUT2D eigenvalue weighted by molar-refractivity contribution is 5.90. The molecule has 0 saturated heterocycles. The van der Waals surface area contributed by atoms with Crippen LogP contribution in [0.5, 0.6) is 0 Å². The first-order valence-electron chi connectivity index (χ1n) is 9.97. The molecule has 168 valence electrons. The molecule has 31 heavy (non-hydrogen) atoms. The molecule has 2 amide bonds. The SMILES string of the molecule is CC(C)N=C(NN)C1CCn2c(-c3cccc(NC(=O)NCC(F)(F)F)c3)cnc2C1. The van der Waals surface area contributed by atoms with Gasteiger partial charge in [-0.3, -0.25) is 4.99 Å². The van der Waals surface area contributed by atoms with Crippen molar-refractivity contribution >= 4 is 17.6 Å². The van der Waals surface area contributed by atoms with E-state index in [1.54, 1.807) is 29.7 Å². The van der Waals surface area contributed by atoms with Crippen molar-refractivity contribution in [3.8, 4) is 11.3 Å². The minimum absolute atomic E-state index is 0.131. The van der Waals surface area contributed by atoms with Gasteiger partial charge in [-0.25, -0.2) is 15.6 Å². The van der Waals surface area contributed by atoms with Crippen LogP contribution in [-0.2, 0) is 13.0 Å². The van der Waals surface area contributed by atoms with Gasteiger partial charge in [0.05, 0.1) is 11.9 Å². The van der Waals surface area contributed by atoms with Crippen molar-refractivity contribution in [1.82, 2.24) is 20.3 Å². The van der Waals surface area contributed by atoms with E-state index in [-0.39, 0.29) is 12.0 Å². The Bertz CT molecular complexity index is 952. The lowest BCUT2D eigenvalue weighted by molar-refractivity contribution is -0.122. The van der Waals surface area contributed by atoms with Gasteiger partial charge in [-0.1, -0.05) is 12.1 Å². The number of hydrazine groups is 1. The highest BCUT2D eigenvalue weighted by Gasteiger charge is 2.28. The van der Waals surface area contributed by atoms with Crippen LogP contribution in [0.1, 0.15) is 26.1 Å². The number of urea groups is 1. The van der Waals surface area contributed by atoms with Gasteiger partial charge in [0.2, 0.25) is 0 Å². The predicted octanol–water partition coefficient (Wildman–Crippen LogP) is 3.07. The van der Waals surface area contributed by atoms with Crippen LogP contribution in [0.25, 0.3) is 11.3 Å². The van der Waals surface area contributed by atoms with Crippen LogP contribution in [0.4, 0.5) is 23.7 Å². The van der Waals surface area contributed by atoms with E-state index < -0.39 is 18.8 Å². The van der Waals surface area contributed by atoms with E-state index in [1.165, 1.54) is 0 Å². The number of benzene rings is 1. The summed E-state index contributed by atoms with van der Waals surface area (Å²) >= 11 is 0. The summed E-state index contributed by atoms with van der Waals surface area (Å²) in [6.45, 7) is 3.31. The highest BCUT2D eigenvalue weighted by Crippen LogP contribution is 2.29. The number of nitrogens with zero attached hydrogens (tertiary/aromatic N) is 3. The molecule has 0 saturated carbocycles. The second-order valence-corrected chi connectivity index (χ2v) is 7.66. The number of hydrogen-bond acceptors (Lipinski definition) is 4. The van der Waals surface area contributed by atoms with Crippen LogP contribution in [0.3, 0.4) is 0 Å². The summed E-state index contributed by atoms with van der Waals surface area (Å²) in [6.07, 6.45) is -1.18. The molecule has 2 heterocycles. The van der Waals surface area contributed by atoms with Crippen LogP contribution < -0.4 is 21.9 Å². The van der Waals surface area contributed by atoms with Gasteiger partial charge in [0.15, 0.2) is 0 Å². The zero-order chi connectivity index (χ0) is 22.6. The molecule has 1 atom stereocenters. The van der Waals surface area contributed by atoms with Gasteiger partial charge in [-0.05, 0) is 32.4 Å². The molecule has 1 aliphatic heterocycles. The number of alkyl halides is 3. The number of carbonyl (C=O) groups is 1. The predicted molar refractivity (Wildman–Crippen MR) is 112 cm³/mol. The lowest BCUT2D eigenvalue weighted by Gasteiger charge is -2.26. The van der Waals surface area contributed by atoms with E-state index in [9.17, 15) is 18.0 Å². The van der Waals surface area contributed by atoms with E-state index in [4.69, 9.17) is 5.84 Å². The van der Waals surface area contributed by atoms with Crippen molar-refractivity contribution in [2.24, 2.45) is 16.8 Å². The maximum absolute atomic E-state index is 12.3. The standard InChI is InChI=1S/C20H26F3N7O/c1-12(2)27-18(29-24)14-6-7-30-16(10-25-17(30)9-14)13-4-3-5-15(8-13)28-19(31)26-11-20(21,22)23/h3-5,8,10,12,14H,6-7,9,11,24H2,1-2H3,(H,27,29)(H2,26,28,31). The number of rotatable bonds is 5. The first kappa shape index (κ1) is 22.6. The van der Waals surface area contributed by atoms with Crippen LogP contribution in [-0.4, -0.2) is 40.2 Å². The summed E-state index contributed by atoms with van der Waals surface area (Å²) in [6, 6.07) is 6.12. The van der Waals surface area contributed by atoms with Crippen molar-refractivity contribution in [3.63, 3.8) is 0 Å². The summed E-state index contributed by atoms with van der Waals surface area (Å²) in [5.74, 6) is 7.48. The molecule has 0 fully saturated rings. The van der Waals surface area contributed by atoms with Gasteiger partial charge in [-0.2, -0.15) is 13.2 Å². The number of amidine groups is 1. The van der Waals surface area contributed by atoms with Crippen molar-refractivity contribution in [2.75, 3.05) is 11.9 Å².